The summed E-state index contributed by atoms with van der Waals surface area (Å²) in [5.74, 6) is 0.974. The van der Waals surface area contributed by atoms with E-state index in [2.05, 4.69) is 20.4 Å². The molecule has 0 N–H and O–H groups in total. The summed E-state index contributed by atoms with van der Waals surface area (Å²) in [6.07, 6.45) is 0.565. The molecule has 4 rings (SSSR count). The first-order chi connectivity index (χ1) is 12.7. The molecule has 7 nitrogen and oxygen atoms in total. The summed E-state index contributed by atoms with van der Waals surface area (Å²) < 4.78 is 5.25. The molecule has 1 amide bonds. The third kappa shape index (κ3) is 2.77. The number of azo groups is 1. The minimum absolute atomic E-state index is 0.0514. The smallest absolute Gasteiger partial charge is 0.279 e. The van der Waals surface area contributed by atoms with Crippen LogP contribution in [0.4, 0.5) is 5.69 Å². The molecule has 2 aromatic carbocycles. The van der Waals surface area contributed by atoms with Crippen LogP contribution in [0.2, 0.25) is 0 Å². The summed E-state index contributed by atoms with van der Waals surface area (Å²) in [6, 6.07) is 15.3. The minimum atomic E-state index is -0.202. The number of benzene rings is 2. The molecule has 2 aliphatic rings. The highest BCUT2D eigenvalue weighted by Gasteiger charge is 2.32. The Hall–Kier alpha value is -3.35. The van der Waals surface area contributed by atoms with Crippen molar-refractivity contribution in [2.45, 2.75) is 12.5 Å². The van der Waals surface area contributed by atoms with Crippen LogP contribution in [-0.2, 0) is 4.79 Å². The highest BCUT2D eigenvalue weighted by atomic mass is 16.5. The van der Waals surface area contributed by atoms with E-state index in [9.17, 15) is 4.79 Å². The van der Waals surface area contributed by atoms with Crippen LogP contribution in [0, 0.1) is 0 Å². The molecule has 0 saturated carbocycles. The monoisotopic (exact) mass is 347 g/mol. The molecule has 26 heavy (non-hydrogen) atoms. The summed E-state index contributed by atoms with van der Waals surface area (Å²) in [5, 5.41) is 16.7. The van der Waals surface area contributed by atoms with Crippen LogP contribution >= 0.6 is 0 Å². The Morgan fingerprint density at radius 3 is 2.73 bits per heavy atom. The zero-order valence-corrected chi connectivity index (χ0v) is 14.5. The molecule has 1 atom stereocenters. The van der Waals surface area contributed by atoms with E-state index < -0.39 is 0 Å². The van der Waals surface area contributed by atoms with Gasteiger partial charge >= 0.3 is 0 Å². The van der Waals surface area contributed by atoms with Crippen LogP contribution in [0.25, 0.3) is 0 Å². The SMILES string of the molecule is COc1ccc2c(c1)C(=NN=C1CC(c3ccccc3)N=N1)C(=O)N2C. The molecule has 2 heterocycles. The van der Waals surface area contributed by atoms with E-state index in [0.29, 0.717) is 23.6 Å². The average Bonchev–Trinajstić information content (AvgIpc) is 3.25. The fourth-order valence-electron chi connectivity index (χ4n) is 3.02. The van der Waals surface area contributed by atoms with Gasteiger partial charge in [-0.1, -0.05) is 30.3 Å². The number of ether oxygens (including phenoxy) is 1. The largest absolute Gasteiger partial charge is 0.497 e. The molecule has 0 spiro atoms. The number of amides is 1. The minimum Gasteiger partial charge on any atom is -0.497 e. The van der Waals surface area contributed by atoms with E-state index >= 15 is 0 Å². The van der Waals surface area contributed by atoms with Crippen LogP contribution < -0.4 is 9.64 Å². The fraction of sp³-hybridized carbons (Fsp3) is 0.211. The second-order valence-electron chi connectivity index (χ2n) is 6.06. The van der Waals surface area contributed by atoms with Crippen LogP contribution in [0.5, 0.6) is 5.75 Å². The molecule has 0 aromatic heterocycles. The van der Waals surface area contributed by atoms with Crippen molar-refractivity contribution in [3.05, 3.63) is 59.7 Å². The van der Waals surface area contributed by atoms with Gasteiger partial charge in [0.25, 0.3) is 5.91 Å². The molecule has 1 unspecified atom stereocenters. The van der Waals surface area contributed by atoms with Crippen molar-refractivity contribution in [3.63, 3.8) is 0 Å². The lowest BCUT2D eigenvalue weighted by atomic mass is 10.1. The molecule has 2 aliphatic heterocycles. The third-order valence-corrected chi connectivity index (χ3v) is 4.47. The standard InChI is InChI=1S/C19H17N5O2/c1-24-16-9-8-13(26-2)10-14(16)18(19(24)25)23-22-17-11-15(20-21-17)12-6-4-3-5-7-12/h3-10,15H,11H2,1-2H3. The number of nitrogens with zero attached hydrogens (tertiary/aromatic N) is 5. The molecule has 0 aliphatic carbocycles. The highest BCUT2D eigenvalue weighted by Crippen LogP contribution is 2.32. The van der Waals surface area contributed by atoms with Crippen molar-refractivity contribution in [2.24, 2.45) is 20.4 Å². The van der Waals surface area contributed by atoms with Gasteiger partial charge in [-0.3, -0.25) is 4.79 Å². The van der Waals surface area contributed by atoms with Crippen molar-refractivity contribution in [1.29, 1.82) is 0 Å². The fourth-order valence-corrected chi connectivity index (χ4v) is 3.02. The molecule has 0 bridgehead atoms. The van der Waals surface area contributed by atoms with E-state index in [1.807, 2.05) is 42.5 Å². The van der Waals surface area contributed by atoms with E-state index in [1.54, 1.807) is 25.1 Å². The molecule has 0 radical (unpaired) electrons. The molecule has 130 valence electrons. The lowest BCUT2D eigenvalue weighted by Gasteiger charge is -2.08. The van der Waals surface area contributed by atoms with Gasteiger partial charge in [0.1, 0.15) is 11.8 Å². The van der Waals surface area contributed by atoms with E-state index in [4.69, 9.17) is 4.74 Å². The van der Waals surface area contributed by atoms with Gasteiger partial charge in [0.2, 0.25) is 0 Å². The lowest BCUT2D eigenvalue weighted by Crippen LogP contribution is -2.25. The maximum Gasteiger partial charge on any atom is 0.279 e. The van der Waals surface area contributed by atoms with Crippen molar-refractivity contribution < 1.29 is 9.53 Å². The van der Waals surface area contributed by atoms with Crippen molar-refractivity contribution in [1.82, 2.24) is 0 Å². The maximum absolute atomic E-state index is 12.5. The number of fused-ring (bicyclic) bond motifs is 1. The second-order valence-corrected chi connectivity index (χ2v) is 6.06. The summed E-state index contributed by atoms with van der Waals surface area (Å²) >= 11 is 0. The predicted molar refractivity (Wildman–Crippen MR) is 99.0 cm³/mol. The van der Waals surface area contributed by atoms with Gasteiger partial charge in [0.05, 0.1) is 12.8 Å². The van der Waals surface area contributed by atoms with Crippen molar-refractivity contribution in [3.8, 4) is 5.75 Å². The molecule has 2 aromatic rings. The molecule has 7 heteroatoms. The number of hydrogen-bond donors (Lipinski definition) is 0. The first kappa shape index (κ1) is 16.1. The first-order valence-electron chi connectivity index (χ1n) is 8.24. The van der Waals surface area contributed by atoms with Gasteiger partial charge < -0.3 is 9.64 Å². The first-order valence-corrected chi connectivity index (χ1v) is 8.24. The Bertz CT molecular complexity index is 950. The predicted octanol–water partition coefficient (Wildman–Crippen LogP) is 3.37. The molecule has 0 fully saturated rings. The van der Waals surface area contributed by atoms with Gasteiger partial charge in [-0.05, 0) is 23.8 Å². The second kappa shape index (κ2) is 6.51. The average molecular weight is 347 g/mol. The zero-order chi connectivity index (χ0) is 18.1. The van der Waals surface area contributed by atoms with Crippen molar-refractivity contribution in [2.75, 3.05) is 19.1 Å². The number of hydrogen-bond acceptors (Lipinski definition) is 5. The van der Waals surface area contributed by atoms with Gasteiger partial charge in [-0.25, -0.2) is 0 Å². The Balaban J connectivity index is 1.61. The van der Waals surface area contributed by atoms with Crippen LogP contribution in [-0.4, -0.2) is 31.6 Å². The maximum atomic E-state index is 12.5. The number of carbonyl (C=O) groups is 1. The van der Waals surface area contributed by atoms with E-state index in [1.165, 1.54) is 0 Å². The quantitative estimate of drug-likeness (QED) is 0.798. The Morgan fingerprint density at radius 2 is 1.96 bits per heavy atom. The van der Waals surface area contributed by atoms with Gasteiger partial charge in [-0.15, -0.1) is 15.3 Å². The molecular formula is C19H17N5O2. The summed E-state index contributed by atoms with van der Waals surface area (Å²) in [6.45, 7) is 0. The van der Waals surface area contributed by atoms with E-state index in [-0.39, 0.29) is 17.7 Å². The summed E-state index contributed by atoms with van der Waals surface area (Å²) in [7, 11) is 3.30. The Morgan fingerprint density at radius 1 is 1.15 bits per heavy atom. The Labute approximate surface area is 150 Å². The number of rotatable bonds is 3. The van der Waals surface area contributed by atoms with E-state index in [0.717, 1.165) is 11.3 Å². The van der Waals surface area contributed by atoms with Gasteiger partial charge in [0, 0.05) is 19.0 Å². The molecular weight excluding hydrogens is 330 g/mol. The number of anilines is 1. The van der Waals surface area contributed by atoms with Crippen LogP contribution in [0.1, 0.15) is 23.6 Å². The number of likely N-dealkylation sites (N-methyl/N-ethyl adjacent to an activating group) is 1. The highest BCUT2D eigenvalue weighted by molar-refractivity contribution is 6.54. The zero-order valence-electron chi connectivity index (χ0n) is 14.5. The number of methoxy groups -OCH3 is 1. The summed E-state index contributed by atoms with van der Waals surface area (Å²) in [4.78, 5) is 14.0. The van der Waals surface area contributed by atoms with Crippen LogP contribution in [0.3, 0.4) is 0 Å². The van der Waals surface area contributed by atoms with Crippen LogP contribution in [0.15, 0.2) is 69.0 Å². The number of amidine groups is 1. The molecule has 0 saturated heterocycles. The van der Waals surface area contributed by atoms with Gasteiger partial charge in [-0.2, -0.15) is 5.11 Å². The lowest BCUT2D eigenvalue weighted by molar-refractivity contribution is -0.111. The summed E-state index contributed by atoms with van der Waals surface area (Å²) in [5.41, 5.74) is 2.86. The third-order valence-electron chi connectivity index (χ3n) is 4.47. The Kier molecular flexibility index (Phi) is 4.04. The topological polar surface area (TPSA) is 79.0 Å². The van der Waals surface area contributed by atoms with Gasteiger partial charge in [0.15, 0.2) is 11.5 Å². The number of carbonyl (C=O) groups excluding carboxylic acids is 1. The normalized spacial score (nSPS) is 21.7. The van der Waals surface area contributed by atoms with Crippen molar-refractivity contribution >= 4 is 23.1 Å².